The molecule has 1 unspecified atom stereocenters. The molecule has 1 aromatic heterocycles. The van der Waals surface area contributed by atoms with Crippen molar-refractivity contribution in [1.29, 1.82) is 0 Å². The minimum absolute atomic E-state index is 0.119. The SMILES string of the molecule is C=C(C)C(=O)OCCS(=O)(=O)[O-].C=C(C)C(=O)OCCS(=O)(=O)[O-].C=C(C)C(=O)OCCS(=O)(=O)[O-].CC(C)(C)c1ccc(-[s+]2ccc3ccccc32)cc1.CC1(OC(=O)C[S+]2CCCCC2)C2CC3CC(C2)CC1C3.COc1c(C)cc([S+]2CCCCC2)cc1C. The zero-order valence-corrected chi connectivity index (χ0v) is 60.1. The first kappa shape index (κ1) is 79.4. The van der Waals surface area contributed by atoms with Gasteiger partial charge in [0.2, 0.25) is 5.75 Å². The van der Waals surface area contributed by atoms with Crippen molar-refractivity contribution in [2.24, 2.45) is 23.7 Å². The number of carbonyl (C=O) groups is 4. The third kappa shape index (κ3) is 27.7. The molecule has 92 heavy (non-hydrogen) atoms. The Balaban J connectivity index is 0.000000240. The molecule has 1 atom stereocenters. The lowest BCUT2D eigenvalue weighted by molar-refractivity contribution is -0.200. The zero-order chi connectivity index (χ0) is 68.8. The molecule has 4 aliphatic carbocycles. The predicted octanol–water partition coefficient (Wildman–Crippen LogP) is 11.8. The van der Waals surface area contributed by atoms with E-state index in [0.717, 1.165) is 17.6 Å². The van der Waals surface area contributed by atoms with Crippen LogP contribution < -0.4 is 4.74 Å². The standard InChI is InChI=1S/C18H29O2S.C18H19S.C14H21OS.3C6H10O5S/c1-18(20-17(19)12-21-5-3-2-4-6-21)15-8-13-7-14(10-15)11-16(18)9-13;1-18(2,3)15-8-10-16(11-9-15)19-13-12-14-6-4-5-7-17(14)19;1-11-9-13(10-12(2)14(11)15-3)16-7-5-4-6-8-16;3*1-5(2)6(7)11-3-4-12(8,9)10/h13-16H,2-12H2,1H3;4-13H,1-3H3;9-10H,4-8H2,1-3H3;3*1,3-4H2,2H3,(H,8,9,10)/q3*+1;;;/p-3. The number of fused-ring (bicyclic) bond motifs is 1. The minimum Gasteiger partial charge on any atom is -0.748 e. The molecule has 18 nitrogen and oxygen atoms in total. The molecule has 6 aliphatic rings. The number of methoxy groups -OCH3 is 1. The molecule has 0 N–H and O–H groups in total. The summed E-state index contributed by atoms with van der Waals surface area (Å²) in [6, 6.07) is 24.7. The normalized spacial score (nSPS) is 20.4. The molecule has 10 rings (SSSR count). The highest BCUT2D eigenvalue weighted by atomic mass is 32.2. The monoisotopic (exact) mass is 1390 g/mol. The number of carbonyl (C=O) groups excluding carboxylic acids is 4. The predicted molar refractivity (Wildman–Crippen MR) is 367 cm³/mol. The van der Waals surface area contributed by atoms with Crippen LogP contribution >= 0.6 is 10.5 Å². The van der Waals surface area contributed by atoms with E-state index in [2.05, 4.69) is 148 Å². The summed E-state index contributed by atoms with van der Waals surface area (Å²) in [7, 11) is -10.2. The van der Waals surface area contributed by atoms with Gasteiger partial charge < -0.3 is 37.3 Å². The van der Waals surface area contributed by atoms with Crippen LogP contribution in [-0.4, -0.2) is 141 Å². The second-order valence-electron chi connectivity index (χ2n) is 25.2. The highest BCUT2D eigenvalue weighted by molar-refractivity contribution is 7.97. The van der Waals surface area contributed by atoms with Crippen molar-refractivity contribution in [3.63, 3.8) is 0 Å². The first-order chi connectivity index (χ1) is 42.9. The number of aryl methyl sites for hydroxylation is 2. The van der Waals surface area contributed by atoms with E-state index in [1.54, 1.807) is 12.0 Å². The van der Waals surface area contributed by atoms with E-state index in [0.29, 0.717) is 39.4 Å². The van der Waals surface area contributed by atoms with E-state index in [9.17, 15) is 58.1 Å². The number of benzene rings is 3. The van der Waals surface area contributed by atoms with Gasteiger partial charge in [0.1, 0.15) is 59.6 Å². The number of hydrogen-bond acceptors (Lipinski definition) is 18. The summed E-state index contributed by atoms with van der Waals surface area (Å²) in [5.41, 5.74) is 4.58. The van der Waals surface area contributed by atoms with Gasteiger partial charge >= 0.3 is 23.9 Å². The Bertz CT molecular complexity index is 3290. The third-order valence-corrected chi connectivity index (χ3v) is 25.2. The Labute approximate surface area is 556 Å². The minimum atomic E-state index is -4.30. The summed E-state index contributed by atoms with van der Waals surface area (Å²) in [6.45, 7) is 26.2. The van der Waals surface area contributed by atoms with Crippen LogP contribution in [0.2, 0.25) is 0 Å². The van der Waals surface area contributed by atoms with Crippen molar-refractivity contribution >= 4 is 96.6 Å². The van der Waals surface area contributed by atoms with Crippen LogP contribution in [0.15, 0.2) is 113 Å². The van der Waals surface area contributed by atoms with E-state index < -0.39 is 85.3 Å². The first-order valence-corrected chi connectivity index (χ1v) is 40.3. The quantitative estimate of drug-likeness (QED) is 0.0294. The van der Waals surface area contributed by atoms with Crippen LogP contribution in [0.5, 0.6) is 5.75 Å². The molecule has 24 heteroatoms. The maximum absolute atomic E-state index is 12.5. The molecular weight excluding hydrogens is 1300 g/mol. The summed E-state index contributed by atoms with van der Waals surface area (Å²) in [4.78, 5) is 47.3. The largest absolute Gasteiger partial charge is 0.748 e. The van der Waals surface area contributed by atoms with E-state index in [1.165, 1.54) is 146 Å². The van der Waals surface area contributed by atoms with Gasteiger partial charge in [0.25, 0.3) is 0 Å². The smallest absolute Gasteiger partial charge is 0.356 e. The van der Waals surface area contributed by atoms with Crippen LogP contribution in [-0.2, 0) is 95.7 Å². The van der Waals surface area contributed by atoms with E-state index in [1.807, 2.05) is 0 Å². The molecule has 2 aliphatic heterocycles. The van der Waals surface area contributed by atoms with E-state index >= 15 is 0 Å². The van der Waals surface area contributed by atoms with Crippen molar-refractivity contribution in [3.05, 3.63) is 125 Å². The van der Waals surface area contributed by atoms with Gasteiger partial charge in [0, 0.05) is 49.5 Å². The average molecular weight is 1390 g/mol. The fourth-order valence-electron chi connectivity index (χ4n) is 11.6. The number of hydrogen-bond donors (Lipinski definition) is 0. The van der Waals surface area contributed by atoms with Crippen molar-refractivity contribution in [2.75, 3.05) is 73.0 Å². The lowest BCUT2D eigenvalue weighted by Gasteiger charge is -2.58. The highest BCUT2D eigenvalue weighted by Gasteiger charge is 2.57. The molecule has 6 fully saturated rings. The van der Waals surface area contributed by atoms with Gasteiger partial charge in [-0.3, -0.25) is 0 Å². The molecule has 3 aromatic carbocycles. The number of thiophene rings is 1. The molecule has 2 saturated heterocycles. The average Bonchev–Trinajstić information content (AvgIpc) is 0.860. The van der Waals surface area contributed by atoms with Gasteiger partial charge in [-0.05, 0) is 205 Å². The van der Waals surface area contributed by atoms with E-state index in [4.69, 9.17) is 9.47 Å². The second-order valence-corrected chi connectivity index (χ2v) is 36.3. The molecule has 4 saturated carbocycles. The molecule has 512 valence electrons. The molecule has 3 heterocycles. The summed E-state index contributed by atoms with van der Waals surface area (Å²) >= 11 is 0. The summed E-state index contributed by atoms with van der Waals surface area (Å²) in [5, 5.41) is 3.70. The lowest BCUT2D eigenvalue weighted by Crippen LogP contribution is -2.58. The van der Waals surface area contributed by atoms with Crippen molar-refractivity contribution < 1.29 is 81.8 Å². The van der Waals surface area contributed by atoms with Gasteiger partial charge in [-0.15, -0.1) is 0 Å². The molecule has 4 bridgehead atoms. The van der Waals surface area contributed by atoms with Crippen LogP contribution in [0.1, 0.15) is 136 Å². The molecule has 0 spiro atoms. The Morgan fingerprint density at radius 3 is 1.39 bits per heavy atom. The van der Waals surface area contributed by atoms with E-state index in [-0.39, 0.29) is 44.2 Å². The fraction of sp³-hybridized carbons (Fsp3) is 0.559. The Morgan fingerprint density at radius 1 is 0.587 bits per heavy atom. The van der Waals surface area contributed by atoms with Gasteiger partial charge in [-0.2, -0.15) is 0 Å². The maximum atomic E-state index is 12.5. The van der Waals surface area contributed by atoms with Gasteiger partial charge in [-0.1, -0.05) is 64.8 Å². The lowest BCUT2D eigenvalue weighted by atomic mass is 9.50. The number of rotatable bonds is 18. The first-order valence-electron chi connectivity index (χ1n) is 31.0. The van der Waals surface area contributed by atoms with Crippen LogP contribution in [0, 0.1) is 37.5 Å². The highest BCUT2D eigenvalue weighted by Crippen LogP contribution is 2.59. The summed E-state index contributed by atoms with van der Waals surface area (Å²) < 4.78 is 116. The third-order valence-electron chi connectivity index (χ3n) is 16.3. The second kappa shape index (κ2) is 36.7. The fourth-order valence-corrected chi connectivity index (χ4v) is 19.0. The molecular formula is C68H96O18S6. The Hall–Kier alpha value is -5.05. The van der Waals surface area contributed by atoms with Crippen molar-refractivity contribution in [2.45, 2.75) is 149 Å². The molecule has 4 aromatic rings. The topological polar surface area (TPSA) is 286 Å². The van der Waals surface area contributed by atoms with Gasteiger partial charge in [0.05, 0.1) is 54.7 Å². The van der Waals surface area contributed by atoms with Crippen LogP contribution in [0.25, 0.3) is 15.0 Å². The van der Waals surface area contributed by atoms with Gasteiger partial charge in [0.15, 0.2) is 14.5 Å². The summed E-state index contributed by atoms with van der Waals surface area (Å²) in [6.07, 6.45) is 15.0. The van der Waals surface area contributed by atoms with Crippen LogP contribution in [0.3, 0.4) is 0 Å². The maximum Gasteiger partial charge on any atom is 0.356 e. The number of ether oxygens (including phenoxy) is 5. The molecule has 0 radical (unpaired) electrons. The summed E-state index contributed by atoms with van der Waals surface area (Å²) in [5.74, 6) is 6.22. The zero-order valence-electron chi connectivity index (χ0n) is 55.2. The van der Waals surface area contributed by atoms with Crippen LogP contribution in [0.4, 0.5) is 0 Å². The number of esters is 4. The molecule has 0 amide bonds. The Kier molecular flexibility index (Phi) is 31.7. The van der Waals surface area contributed by atoms with Crippen molar-refractivity contribution in [3.8, 4) is 10.6 Å². The van der Waals surface area contributed by atoms with Gasteiger partial charge in [-0.25, -0.2) is 44.4 Å². The Morgan fingerprint density at radius 2 is 1.00 bits per heavy atom. The van der Waals surface area contributed by atoms with Crippen molar-refractivity contribution in [1.82, 2.24) is 0 Å².